The summed E-state index contributed by atoms with van der Waals surface area (Å²) in [5.74, 6) is 0. The molecule has 1 aliphatic carbocycles. The average Bonchev–Trinajstić information content (AvgIpc) is 2.33. The predicted molar refractivity (Wildman–Crippen MR) is 70.4 cm³/mol. The van der Waals surface area contributed by atoms with E-state index in [2.05, 4.69) is 24.1 Å². The summed E-state index contributed by atoms with van der Waals surface area (Å²) in [6.07, 6.45) is 7.09. The normalized spacial score (nSPS) is 19.2. The van der Waals surface area contributed by atoms with Gasteiger partial charge in [-0.3, -0.25) is 10.3 Å². The number of ether oxygens (including phenoxy) is 1. The molecule has 18 heavy (non-hydrogen) atoms. The fraction of sp³-hybridized carbons (Fsp3) is 0.571. The molecule has 0 aliphatic heterocycles. The molecule has 1 N–H and O–H groups in total. The lowest BCUT2D eigenvalue weighted by molar-refractivity contribution is 0.0563. The minimum atomic E-state index is -0.370. The lowest BCUT2D eigenvalue weighted by Gasteiger charge is -2.33. The maximum absolute atomic E-state index is 11.7. The number of nitrogens with zero attached hydrogens (tertiary/aromatic N) is 1. The van der Waals surface area contributed by atoms with Crippen LogP contribution in [-0.2, 0) is 4.74 Å². The molecular weight excluding hydrogens is 228 g/mol. The highest BCUT2D eigenvalue weighted by Gasteiger charge is 2.28. The summed E-state index contributed by atoms with van der Waals surface area (Å²) in [7, 11) is 0. The van der Waals surface area contributed by atoms with E-state index in [0.717, 1.165) is 25.7 Å². The first-order chi connectivity index (χ1) is 8.55. The summed E-state index contributed by atoms with van der Waals surface area (Å²) in [6, 6.07) is 3.48. The molecule has 0 aromatic carbocycles. The van der Waals surface area contributed by atoms with Gasteiger partial charge in [-0.1, -0.05) is 13.8 Å². The standard InChI is InChI=1S/C14H20N2O2/c1-14(2)7-3-12(4-8-14)18-13(17)16-11-5-9-15-10-6-11/h5-6,9-10,12H,3-4,7-8H2,1-2H3,(H,15,16,17). The Hall–Kier alpha value is -1.58. The van der Waals surface area contributed by atoms with Crippen molar-refractivity contribution in [2.45, 2.75) is 45.6 Å². The molecule has 1 fully saturated rings. The number of carbonyl (C=O) groups excluding carboxylic acids is 1. The second-order valence-electron chi connectivity index (χ2n) is 5.63. The van der Waals surface area contributed by atoms with Crippen LogP contribution in [-0.4, -0.2) is 17.2 Å². The minimum absolute atomic E-state index is 0.0554. The summed E-state index contributed by atoms with van der Waals surface area (Å²) in [6.45, 7) is 4.53. The number of amides is 1. The van der Waals surface area contributed by atoms with Crippen LogP contribution < -0.4 is 5.32 Å². The Morgan fingerprint density at radius 3 is 2.56 bits per heavy atom. The molecule has 4 heteroatoms. The fourth-order valence-electron chi connectivity index (χ4n) is 2.22. The molecule has 0 unspecified atom stereocenters. The van der Waals surface area contributed by atoms with Gasteiger partial charge in [-0.15, -0.1) is 0 Å². The van der Waals surface area contributed by atoms with Gasteiger partial charge in [-0.2, -0.15) is 0 Å². The van der Waals surface area contributed by atoms with Gasteiger partial charge in [0.2, 0.25) is 0 Å². The summed E-state index contributed by atoms with van der Waals surface area (Å²) >= 11 is 0. The highest BCUT2D eigenvalue weighted by Crippen LogP contribution is 2.36. The number of pyridine rings is 1. The van der Waals surface area contributed by atoms with Crippen LogP contribution in [0.1, 0.15) is 39.5 Å². The van der Waals surface area contributed by atoms with Gasteiger partial charge < -0.3 is 4.74 Å². The fourth-order valence-corrected chi connectivity index (χ4v) is 2.22. The topological polar surface area (TPSA) is 51.2 Å². The van der Waals surface area contributed by atoms with Crippen LogP contribution in [0.15, 0.2) is 24.5 Å². The van der Waals surface area contributed by atoms with E-state index >= 15 is 0 Å². The first kappa shape index (κ1) is 12.9. The lowest BCUT2D eigenvalue weighted by Crippen LogP contribution is -2.29. The Kier molecular flexibility index (Phi) is 3.84. The number of carbonyl (C=O) groups is 1. The summed E-state index contributed by atoms with van der Waals surface area (Å²) in [4.78, 5) is 15.6. The van der Waals surface area contributed by atoms with E-state index < -0.39 is 0 Å². The molecule has 0 radical (unpaired) electrons. The number of anilines is 1. The number of nitrogens with one attached hydrogen (secondary N) is 1. The molecule has 1 aromatic heterocycles. The largest absolute Gasteiger partial charge is 0.446 e. The zero-order valence-electron chi connectivity index (χ0n) is 11.0. The van der Waals surface area contributed by atoms with Crippen LogP contribution in [0.4, 0.5) is 10.5 Å². The van der Waals surface area contributed by atoms with E-state index in [1.165, 1.54) is 0 Å². The maximum Gasteiger partial charge on any atom is 0.411 e. The second-order valence-corrected chi connectivity index (χ2v) is 5.63. The third-order valence-corrected chi connectivity index (χ3v) is 3.49. The molecule has 1 saturated carbocycles. The third kappa shape index (κ3) is 3.72. The van der Waals surface area contributed by atoms with Crippen molar-refractivity contribution in [2.75, 3.05) is 5.32 Å². The van der Waals surface area contributed by atoms with Gasteiger partial charge >= 0.3 is 6.09 Å². The summed E-state index contributed by atoms with van der Waals surface area (Å²) in [5.41, 5.74) is 1.10. The molecule has 2 rings (SSSR count). The number of hydrogen-bond acceptors (Lipinski definition) is 3. The van der Waals surface area contributed by atoms with Gasteiger partial charge in [0, 0.05) is 18.1 Å². The molecule has 1 aliphatic rings. The Bertz CT molecular complexity index is 394. The van der Waals surface area contributed by atoms with Gasteiger partial charge in [0.25, 0.3) is 0 Å². The molecule has 0 spiro atoms. The minimum Gasteiger partial charge on any atom is -0.446 e. The van der Waals surface area contributed by atoms with Gasteiger partial charge in [0.05, 0.1) is 0 Å². The zero-order valence-corrected chi connectivity index (χ0v) is 11.0. The van der Waals surface area contributed by atoms with E-state index in [4.69, 9.17) is 4.74 Å². The van der Waals surface area contributed by atoms with Crippen LogP contribution in [0.5, 0.6) is 0 Å². The van der Waals surface area contributed by atoms with E-state index in [9.17, 15) is 4.79 Å². The van der Waals surface area contributed by atoms with Crippen molar-refractivity contribution >= 4 is 11.8 Å². The molecule has 4 nitrogen and oxygen atoms in total. The average molecular weight is 248 g/mol. The Morgan fingerprint density at radius 1 is 1.33 bits per heavy atom. The van der Waals surface area contributed by atoms with Crippen molar-refractivity contribution in [1.29, 1.82) is 0 Å². The summed E-state index contributed by atoms with van der Waals surface area (Å²) in [5, 5.41) is 2.71. The molecule has 1 amide bonds. The highest BCUT2D eigenvalue weighted by atomic mass is 16.6. The number of aromatic nitrogens is 1. The van der Waals surface area contributed by atoms with Crippen LogP contribution in [0.2, 0.25) is 0 Å². The monoisotopic (exact) mass is 248 g/mol. The molecule has 1 heterocycles. The molecule has 1 aromatic rings. The van der Waals surface area contributed by atoms with E-state index in [1.807, 2.05) is 0 Å². The molecule has 0 saturated heterocycles. The number of hydrogen-bond donors (Lipinski definition) is 1. The first-order valence-electron chi connectivity index (χ1n) is 6.43. The molecule has 0 bridgehead atoms. The lowest BCUT2D eigenvalue weighted by atomic mass is 9.76. The van der Waals surface area contributed by atoms with Crippen molar-refractivity contribution in [3.63, 3.8) is 0 Å². The zero-order chi connectivity index (χ0) is 13.0. The van der Waals surface area contributed by atoms with Gasteiger partial charge in [0.15, 0.2) is 0 Å². The third-order valence-electron chi connectivity index (χ3n) is 3.49. The molecular formula is C14H20N2O2. The maximum atomic E-state index is 11.7. The first-order valence-corrected chi connectivity index (χ1v) is 6.43. The quantitative estimate of drug-likeness (QED) is 0.870. The van der Waals surface area contributed by atoms with Crippen molar-refractivity contribution in [3.05, 3.63) is 24.5 Å². The van der Waals surface area contributed by atoms with Crippen molar-refractivity contribution in [1.82, 2.24) is 4.98 Å². The second kappa shape index (κ2) is 5.38. The van der Waals surface area contributed by atoms with Gasteiger partial charge in [0.1, 0.15) is 6.10 Å². The Morgan fingerprint density at radius 2 is 1.94 bits per heavy atom. The van der Waals surface area contributed by atoms with Crippen molar-refractivity contribution < 1.29 is 9.53 Å². The van der Waals surface area contributed by atoms with Crippen LogP contribution >= 0.6 is 0 Å². The smallest absolute Gasteiger partial charge is 0.411 e. The Balaban J connectivity index is 1.79. The van der Waals surface area contributed by atoms with Crippen molar-refractivity contribution in [2.24, 2.45) is 5.41 Å². The van der Waals surface area contributed by atoms with Gasteiger partial charge in [-0.05, 0) is 43.2 Å². The summed E-state index contributed by atoms with van der Waals surface area (Å²) < 4.78 is 5.42. The Labute approximate surface area is 108 Å². The van der Waals surface area contributed by atoms with E-state index in [-0.39, 0.29) is 12.2 Å². The van der Waals surface area contributed by atoms with Crippen LogP contribution in [0, 0.1) is 5.41 Å². The highest BCUT2D eigenvalue weighted by molar-refractivity contribution is 5.84. The SMILES string of the molecule is CC1(C)CCC(OC(=O)Nc2ccncc2)CC1. The van der Waals surface area contributed by atoms with Gasteiger partial charge in [-0.25, -0.2) is 4.79 Å². The van der Waals surface area contributed by atoms with Crippen LogP contribution in [0.3, 0.4) is 0 Å². The molecule has 98 valence electrons. The number of rotatable bonds is 2. The van der Waals surface area contributed by atoms with E-state index in [1.54, 1.807) is 24.5 Å². The molecule has 0 atom stereocenters. The van der Waals surface area contributed by atoms with Crippen LogP contribution in [0.25, 0.3) is 0 Å². The van der Waals surface area contributed by atoms with Crippen molar-refractivity contribution in [3.8, 4) is 0 Å². The predicted octanol–water partition coefficient (Wildman–Crippen LogP) is 3.60. The van der Waals surface area contributed by atoms with E-state index in [0.29, 0.717) is 11.1 Å².